The van der Waals surface area contributed by atoms with Gasteiger partial charge in [0.25, 0.3) is 5.91 Å². The third-order valence-corrected chi connectivity index (χ3v) is 7.13. The normalized spacial score (nSPS) is 19.6. The molecule has 0 spiro atoms. The summed E-state index contributed by atoms with van der Waals surface area (Å²) >= 11 is 5.95. The molecule has 1 aromatic carbocycles. The minimum Gasteiger partial charge on any atom is -0.335 e. The van der Waals surface area contributed by atoms with Crippen LogP contribution in [0.3, 0.4) is 0 Å². The Balaban J connectivity index is 1.50. The molecular weight excluding hydrogens is 368 g/mol. The van der Waals surface area contributed by atoms with Gasteiger partial charge in [0.2, 0.25) is 0 Å². The van der Waals surface area contributed by atoms with E-state index in [1.165, 1.54) is 60.8 Å². The zero-order valence-corrected chi connectivity index (χ0v) is 17.1. The second-order valence-corrected chi connectivity index (χ2v) is 8.97. The Morgan fingerprint density at radius 1 is 1.00 bits per heavy atom. The molecule has 1 amide bonds. The summed E-state index contributed by atoms with van der Waals surface area (Å²) in [6, 6.07) is 6.56. The highest BCUT2D eigenvalue weighted by Gasteiger charge is 2.34. The lowest BCUT2D eigenvalue weighted by atomic mass is 9.85. The molecule has 0 unspecified atom stereocenters. The molecule has 3 aliphatic rings. The molecule has 2 aromatic rings. The van der Waals surface area contributed by atoms with Gasteiger partial charge in [-0.25, -0.2) is 4.98 Å². The predicted molar refractivity (Wildman–Crippen MR) is 112 cm³/mol. The summed E-state index contributed by atoms with van der Waals surface area (Å²) in [5.41, 5.74) is 7.77. The highest BCUT2D eigenvalue weighted by Crippen LogP contribution is 2.36. The summed E-state index contributed by atoms with van der Waals surface area (Å²) in [6.45, 7) is 0.906. The molecule has 0 saturated heterocycles. The highest BCUT2D eigenvalue weighted by molar-refractivity contribution is 6.29. The van der Waals surface area contributed by atoms with E-state index in [9.17, 15) is 4.79 Å². The Labute approximate surface area is 172 Å². The lowest BCUT2D eigenvalue weighted by molar-refractivity contribution is 0.0614. The highest BCUT2D eigenvalue weighted by atomic mass is 35.5. The zero-order valence-electron chi connectivity index (χ0n) is 16.3. The molecule has 1 aliphatic heterocycles. The molecular formula is C24H27ClN2O. The maximum Gasteiger partial charge on any atom is 0.254 e. The lowest BCUT2D eigenvalue weighted by Crippen LogP contribution is -2.45. The van der Waals surface area contributed by atoms with Crippen LogP contribution in [0, 0.1) is 0 Å². The van der Waals surface area contributed by atoms with Crippen molar-refractivity contribution in [1.29, 1.82) is 0 Å². The standard InChI is InChI=1S/C24H27ClN2O/c25-23-10-9-16(15-26-23)13-17-14-22-21(20-8-4-7-19(17)20)11-12-27(24(22)28)18-5-2-1-3-6-18/h9-10,14-15,18H,1-8,11-13H2. The molecule has 146 valence electrons. The van der Waals surface area contributed by atoms with Crippen LogP contribution in [0.15, 0.2) is 24.4 Å². The number of nitrogens with zero attached hydrogens (tertiary/aromatic N) is 2. The number of amides is 1. The Hall–Kier alpha value is -1.87. The molecule has 0 bridgehead atoms. The van der Waals surface area contributed by atoms with Crippen LogP contribution in [0.25, 0.3) is 0 Å². The van der Waals surface area contributed by atoms with E-state index >= 15 is 0 Å². The van der Waals surface area contributed by atoms with Gasteiger partial charge < -0.3 is 4.90 Å². The Bertz CT molecular complexity index is 900. The number of benzene rings is 1. The monoisotopic (exact) mass is 394 g/mol. The van der Waals surface area contributed by atoms with E-state index in [0.29, 0.717) is 11.2 Å². The smallest absolute Gasteiger partial charge is 0.254 e. The Morgan fingerprint density at radius 2 is 1.82 bits per heavy atom. The van der Waals surface area contributed by atoms with Gasteiger partial charge in [-0.2, -0.15) is 0 Å². The summed E-state index contributed by atoms with van der Waals surface area (Å²) in [5.74, 6) is 0.276. The van der Waals surface area contributed by atoms with Crippen molar-refractivity contribution in [3.8, 4) is 0 Å². The van der Waals surface area contributed by atoms with Gasteiger partial charge in [-0.1, -0.05) is 36.9 Å². The fourth-order valence-corrected chi connectivity index (χ4v) is 5.65. The van der Waals surface area contributed by atoms with Gasteiger partial charge in [0.15, 0.2) is 0 Å². The first-order valence-electron chi connectivity index (χ1n) is 10.8. The first-order valence-corrected chi connectivity index (χ1v) is 11.2. The van der Waals surface area contributed by atoms with Gasteiger partial charge in [0.05, 0.1) is 0 Å². The Morgan fingerprint density at radius 3 is 2.61 bits per heavy atom. The summed E-state index contributed by atoms with van der Waals surface area (Å²) in [7, 11) is 0. The third kappa shape index (κ3) is 3.24. The fraction of sp³-hybridized carbons (Fsp3) is 0.500. The van der Waals surface area contributed by atoms with E-state index in [-0.39, 0.29) is 5.91 Å². The predicted octanol–water partition coefficient (Wildman–Crippen LogP) is 5.15. The van der Waals surface area contributed by atoms with Crippen molar-refractivity contribution in [1.82, 2.24) is 9.88 Å². The molecule has 5 rings (SSSR count). The van der Waals surface area contributed by atoms with Crippen molar-refractivity contribution < 1.29 is 4.79 Å². The van der Waals surface area contributed by atoms with Crippen LogP contribution in [0.2, 0.25) is 5.15 Å². The van der Waals surface area contributed by atoms with Crippen LogP contribution in [-0.4, -0.2) is 28.4 Å². The van der Waals surface area contributed by atoms with Crippen LogP contribution in [0.4, 0.5) is 0 Å². The average molecular weight is 395 g/mol. The van der Waals surface area contributed by atoms with E-state index in [0.717, 1.165) is 43.4 Å². The first-order chi connectivity index (χ1) is 13.7. The maximum atomic E-state index is 13.5. The van der Waals surface area contributed by atoms with Crippen LogP contribution < -0.4 is 0 Å². The molecule has 4 heteroatoms. The van der Waals surface area contributed by atoms with Crippen LogP contribution in [-0.2, 0) is 25.7 Å². The SMILES string of the molecule is O=C1c2cc(Cc3ccc(Cl)nc3)c3c(c2CCN1C1CCCCC1)CCC3. The van der Waals surface area contributed by atoms with E-state index in [4.69, 9.17) is 11.6 Å². The molecule has 2 aliphatic carbocycles. The van der Waals surface area contributed by atoms with Crippen molar-refractivity contribution in [3.05, 3.63) is 62.9 Å². The number of fused-ring (bicyclic) bond motifs is 3. The van der Waals surface area contributed by atoms with Crippen molar-refractivity contribution >= 4 is 17.5 Å². The van der Waals surface area contributed by atoms with Gasteiger partial charge in [0.1, 0.15) is 5.15 Å². The largest absolute Gasteiger partial charge is 0.335 e. The van der Waals surface area contributed by atoms with Crippen molar-refractivity contribution in [2.75, 3.05) is 6.54 Å². The number of carbonyl (C=O) groups is 1. The number of aromatic nitrogens is 1. The molecule has 0 atom stereocenters. The molecule has 1 fully saturated rings. The molecule has 0 radical (unpaired) electrons. The van der Waals surface area contributed by atoms with Gasteiger partial charge in [-0.05, 0) is 84.9 Å². The number of halogens is 1. The Kier molecular flexibility index (Phi) is 4.88. The van der Waals surface area contributed by atoms with E-state index in [1.807, 2.05) is 18.3 Å². The third-order valence-electron chi connectivity index (χ3n) is 6.91. The number of pyridine rings is 1. The zero-order chi connectivity index (χ0) is 19.1. The number of carbonyl (C=O) groups excluding carboxylic acids is 1. The van der Waals surface area contributed by atoms with Crippen LogP contribution in [0.1, 0.15) is 76.7 Å². The molecule has 0 N–H and O–H groups in total. The van der Waals surface area contributed by atoms with Crippen molar-refractivity contribution in [3.63, 3.8) is 0 Å². The van der Waals surface area contributed by atoms with E-state index in [2.05, 4.69) is 16.0 Å². The molecule has 1 aromatic heterocycles. The summed E-state index contributed by atoms with van der Waals surface area (Å²) < 4.78 is 0. The molecule has 28 heavy (non-hydrogen) atoms. The quantitative estimate of drug-likeness (QED) is 0.675. The second-order valence-electron chi connectivity index (χ2n) is 8.58. The molecule has 1 saturated carbocycles. The van der Waals surface area contributed by atoms with E-state index < -0.39 is 0 Å². The number of rotatable bonds is 3. The van der Waals surface area contributed by atoms with E-state index in [1.54, 1.807) is 0 Å². The van der Waals surface area contributed by atoms with Crippen molar-refractivity contribution in [2.24, 2.45) is 0 Å². The minimum atomic E-state index is 0.276. The first kappa shape index (κ1) is 18.2. The second kappa shape index (κ2) is 7.51. The molecule has 2 heterocycles. The average Bonchev–Trinajstić information content (AvgIpc) is 3.22. The van der Waals surface area contributed by atoms with Gasteiger partial charge in [-0.3, -0.25) is 4.79 Å². The van der Waals surface area contributed by atoms with Gasteiger partial charge in [0, 0.05) is 24.3 Å². The summed E-state index contributed by atoms with van der Waals surface area (Å²) in [4.78, 5) is 19.9. The van der Waals surface area contributed by atoms with Crippen molar-refractivity contribution in [2.45, 2.75) is 70.3 Å². The van der Waals surface area contributed by atoms with Crippen LogP contribution in [0.5, 0.6) is 0 Å². The summed E-state index contributed by atoms with van der Waals surface area (Å²) in [6.07, 6.45) is 13.4. The maximum absolute atomic E-state index is 13.5. The van der Waals surface area contributed by atoms with Gasteiger partial charge >= 0.3 is 0 Å². The number of hydrogen-bond acceptors (Lipinski definition) is 2. The topological polar surface area (TPSA) is 33.2 Å². The molecule has 3 nitrogen and oxygen atoms in total. The minimum absolute atomic E-state index is 0.276. The summed E-state index contributed by atoms with van der Waals surface area (Å²) in [5, 5.41) is 0.526. The number of hydrogen-bond donors (Lipinski definition) is 0. The van der Waals surface area contributed by atoms with Gasteiger partial charge in [-0.15, -0.1) is 0 Å². The van der Waals surface area contributed by atoms with Crippen LogP contribution >= 0.6 is 11.6 Å². The lowest BCUT2D eigenvalue weighted by Gasteiger charge is -2.38. The fourth-order valence-electron chi connectivity index (χ4n) is 5.54.